The Morgan fingerprint density at radius 1 is 1.27 bits per heavy atom. The van der Waals surface area contributed by atoms with E-state index in [-0.39, 0.29) is 18.1 Å². The van der Waals surface area contributed by atoms with Crippen molar-refractivity contribution < 1.29 is 23.8 Å². The molecule has 2 aliphatic heterocycles. The van der Waals surface area contributed by atoms with Crippen LogP contribution in [0, 0.1) is 0 Å². The molecule has 1 fully saturated rings. The number of rotatable bonds is 9. The monoisotopic (exact) mass is 507 g/mol. The molecule has 1 unspecified atom stereocenters. The largest absolute Gasteiger partial charge is 0.496 e. The fourth-order valence-electron chi connectivity index (χ4n) is 4.18. The van der Waals surface area contributed by atoms with Gasteiger partial charge < -0.3 is 24.4 Å². The number of nitrogens with zero attached hydrogens (tertiary/aromatic N) is 4. The zero-order valence-electron chi connectivity index (χ0n) is 21.3. The summed E-state index contributed by atoms with van der Waals surface area (Å²) in [6.45, 7) is 4.06. The number of ether oxygens (including phenoxy) is 3. The fraction of sp³-hybridized carbons (Fsp3) is 0.444. The Hall–Kier alpha value is -3.79. The van der Waals surface area contributed by atoms with Crippen LogP contribution < -0.4 is 10.1 Å². The molecule has 4 rings (SSSR count). The van der Waals surface area contributed by atoms with Gasteiger partial charge in [-0.3, -0.25) is 4.79 Å². The van der Waals surface area contributed by atoms with Gasteiger partial charge in [0.25, 0.3) is 5.91 Å². The van der Waals surface area contributed by atoms with Gasteiger partial charge in [-0.05, 0) is 54.7 Å². The zero-order valence-corrected chi connectivity index (χ0v) is 21.3. The van der Waals surface area contributed by atoms with Crippen LogP contribution in [0.4, 0.5) is 10.6 Å². The van der Waals surface area contributed by atoms with E-state index < -0.39 is 0 Å². The van der Waals surface area contributed by atoms with Crippen molar-refractivity contribution in [2.45, 2.75) is 51.7 Å². The summed E-state index contributed by atoms with van der Waals surface area (Å²) in [6, 6.07) is 8.91. The maximum atomic E-state index is 13.2. The average molecular weight is 508 g/mol. The van der Waals surface area contributed by atoms with E-state index in [1.165, 1.54) is 7.11 Å². The first-order valence-corrected chi connectivity index (χ1v) is 12.6. The highest BCUT2D eigenvalue weighted by Gasteiger charge is 2.28. The van der Waals surface area contributed by atoms with Gasteiger partial charge in [0.05, 0.1) is 37.8 Å². The Balaban J connectivity index is 1.44. The van der Waals surface area contributed by atoms with Crippen LogP contribution in [0.5, 0.6) is 5.75 Å². The molecule has 0 radical (unpaired) electrons. The first-order valence-electron chi connectivity index (χ1n) is 12.6. The molecule has 1 aromatic heterocycles. The van der Waals surface area contributed by atoms with Gasteiger partial charge >= 0.3 is 6.09 Å². The molecule has 2 aromatic rings. The summed E-state index contributed by atoms with van der Waals surface area (Å²) in [5.41, 5.74) is 2.86. The molecule has 10 nitrogen and oxygen atoms in total. The first-order chi connectivity index (χ1) is 18.1. The number of hydrogen-bond donors (Lipinski definition) is 1. The second-order valence-electron chi connectivity index (χ2n) is 8.95. The molecular weight excluding hydrogens is 474 g/mol. The minimum Gasteiger partial charge on any atom is -0.496 e. The van der Waals surface area contributed by atoms with Crippen molar-refractivity contribution in [3.8, 4) is 5.75 Å². The highest BCUT2D eigenvalue weighted by molar-refractivity contribution is 6.06. The van der Waals surface area contributed by atoms with Gasteiger partial charge in [0.15, 0.2) is 0 Å². The molecule has 0 saturated carbocycles. The number of carbonyl (C=O) groups excluding carboxylic acids is 2. The number of fused-ring (bicyclic) bond motifs is 1. The Morgan fingerprint density at radius 2 is 2.16 bits per heavy atom. The van der Waals surface area contributed by atoms with Crippen molar-refractivity contribution in [2.75, 3.05) is 32.2 Å². The van der Waals surface area contributed by atoms with Crippen LogP contribution in [0.15, 0.2) is 40.5 Å². The molecule has 0 spiro atoms. The van der Waals surface area contributed by atoms with E-state index in [4.69, 9.17) is 14.2 Å². The number of amides is 2. The molecular formula is C27H33N5O5. The molecule has 3 heterocycles. The summed E-state index contributed by atoms with van der Waals surface area (Å²) < 4.78 is 16.4. The molecule has 196 valence electrons. The van der Waals surface area contributed by atoms with Crippen LogP contribution in [-0.2, 0) is 22.4 Å². The summed E-state index contributed by atoms with van der Waals surface area (Å²) in [5.74, 6) is 0.490. The first kappa shape index (κ1) is 26.3. The van der Waals surface area contributed by atoms with Crippen molar-refractivity contribution in [2.24, 2.45) is 10.2 Å². The standard InChI is InChI=1S/C27H33N5O5/c1-3-4-5-11-28-29-16-21-7-6-8-25(30-21)31-26(33)23-14-20-17-32(12-9-19(20)15-24(23)35-2)27(34)37-22-10-13-36-18-22/h6-8,11,14-16,22H,3-5,9-10,12-13,17-18H2,1-2H3,(H,30,31,33)/b28-11+,29-16+. The number of aromatic nitrogens is 1. The fourth-order valence-corrected chi connectivity index (χ4v) is 4.18. The van der Waals surface area contributed by atoms with E-state index >= 15 is 0 Å². The molecule has 0 aliphatic carbocycles. The lowest BCUT2D eigenvalue weighted by atomic mass is 9.96. The predicted octanol–water partition coefficient (Wildman–Crippen LogP) is 4.22. The normalized spacial score (nSPS) is 17.2. The van der Waals surface area contributed by atoms with Gasteiger partial charge in [-0.2, -0.15) is 10.2 Å². The molecule has 1 atom stereocenters. The van der Waals surface area contributed by atoms with Crippen molar-refractivity contribution in [1.82, 2.24) is 9.88 Å². The van der Waals surface area contributed by atoms with Crippen LogP contribution in [0.2, 0.25) is 0 Å². The van der Waals surface area contributed by atoms with Crippen LogP contribution in [-0.4, -0.2) is 67.3 Å². The molecule has 10 heteroatoms. The van der Waals surface area contributed by atoms with Gasteiger partial charge in [0.2, 0.25) is 0 Å². The van der Waals surface area contributed by atoms with Crippen LogP contribution in [0.3, 0.4) is 0 Å². The number of pyridine rings is 1. The number of carbonyl (C=O) groups is 2. The number of benzene rings is 1. The van der Waals surface area contributed by atoms with Gasteiger partial charge in [0, 0.05) is 25.7 Å². The van der Waals surface area contributed by atoms with Crippen molar-refractivity contribution in [1.29, 1.82) is 0 Å². The quantitative estimate of drug-likeness (QED) is 0.309. The maximum Gasteiger partial charge on any atom is 0.410 e. The van der Waals surface area contributed by atoms with Gasteiger partial charge in [-0.15, -0.1) is 0 Å². The number of anilines is 1. The summed E-state index contributed by atoms with van der Waals surface area (Å²) in [7, 11) is 1.53. The SMILES string of the molecule is CCCC/C=N/N=C/c1cccc(NC(=O)c2cc3c(cc2OC)CCN(C(=O)OC2CCOC2)C3)n1. The molecule has 2 aliphatic rings. The number of nitrogens with one attached hydrogen (secondary N) is 1. The maximum absolute atomic E-state index is 13.2. The topological polar surface area (TPSA) is 115 Å². The lowest BCUT2D eigenvalue weighted by molar-refractivity contribution is 0.0516. The van der Waals surface area contributed by atoms with E-state index in [1.54, 1.807) is 41.6 Å². The lowest BCUT2D eigenvalue weighted by Gasteiger charge is -2.29. The van der Waals surface area contributed by atoms with E-state index in [1.807, 2.05) is 6.07 Å². The Morgan fingerprint density at radius 3 is 2.95 bits per heavy atom. The van der Waals surface area contributed by atoms with Crippen molar-refractivity contribution >= 4 is 30.2 Å². The second-order valence-corrected chi connectivity index (χ2v) is 8.95. The van der Waals surface area contributed by atoms with E-state index in [2.05, 4.69) is 27.4 Å². The minimum atomic E-state index is -0.361. The van der Waals surface area contributed by atoms with Gasteiger partial charge in [-0.1, -0.05) is 19.4 Å². The summed E-state index contributed by atoms with van der Waals surface area (Å²) in [6.07, 6.45) is 7.18. The summed E-state index contributed by atoms with van der Waals surface area (Å²) in [4.78, 5) is 31.9. The third kappa shape index (κ3) is 7.13. The van der Waals surface area contributed by atoms with E-state index in [0.717, 1.165) is 30.4 Å². The highest BCUT2D eigenvalue weighted by Crippen LogP contribution is 2.29. The number of unbranched alkanes of at least 4 members (excludes halogenated alkanes) is 2. The van der Waals surface area contributed by atoms with Crippen LogP contribution in [0.25, 0.3) is 0 Å². The zero-order chi connectivity index (χ0) is 26.0. The third-order valence-corrected chi connectivity index (χ3v) is 6.23. The average Bonchev–Trinajstić information content (AvgIpc) is 3.42. The van der Waals surface area contributed by atoms with E-state index in [0.29, 0.717) is 62.0 Å². The molecule has 1 aromatic carbocycles. The Bertz CT molecular complexity index is 1160. The smallest absolute Gasteiger partial charge is 0.410 e. The van der Waals surface area contributed by atoms with Crippen molar-refractivity contribution in [3.05, 3.63) is 52.7 Å². The van der Waals surface area contributed by atoms with E-state index in [9.17, 15) is 9.59 Å². The molecule has 37 heavy (non-hydrogen) atoms. The highest BCUT2D eigenvalue weighted by atomic mass is 16.6. The molecule has 1 saturated heterocycles. The molecule has 0 bridgehead atoms. The lowest BCUT2D eigenvalue weighted by Crippen LogP contribution is -2.38. The second kappa shape index (κ2) is 13.0. The summed E-state index contributed by atoms with van der Waals surface area (Å²) in [5, 5.41) is 10.9. The minimum absolute atomic E-state index is 0.202. The Kier molecular flexibility index (Phi) is 9.20. The molecule has 1 N–H and O–H groups in total. The van der Waals surface area contributed by atoms with Gasteiger partial charge in [-0.25, -0.2) is 9.78 Å². The number of hydrogen-bond acceptors (Lipinski definition) is 8. The Labute approximate surface area is 216 Å². The predicted molar refractivity (Wildman–Crippen MR) is 141 cm³/mol. The van der Waals surface area contributed by atoms with Gasteiger partial charge in [0.1, 0.15) is 17.7 Å². The van der Waals surface area contributed by atoms with Crippen LogP contribution in [0.1, 0.15) is 59.8 Å². The number of methoxy groups -OCH3 is 1. The summed E-state index contributed by atoms with van der Waals surface area (Å²) >= 11 is 0. The molecule has 2 amide bonds. The van der Waals surface area contributed by atoms with Crippen molar-refractivity contribution in [3.63, 3.8) is 0 Å². The third-order valence-electron chi connectivity index (χ3n) is 6.23. The van der Waals surface area contributed by atoms with Crippen LogP contribution >= 0.6 is 0 Å².